The largest absolute Gasteiger partial charge is 0.508 e. The maximum atomic E-state index is 13.2. The molecule has 0 fully saturated rings. The summed E-state index contributed by atoms with van der Waals surface area (Å²) in [5.74, 6) is 0.139. The highest BCUT2D eigenvalue weighted by Crippen LogP contribution is 2.22. The second-order valence-electron chi connectivity index (χ2n) is 8.75. The number of aliphatic hydroxyl groups is 1. The lowest BCUT2D eigenvalue weighted by molar-refractivity contribution is 0.0800. The van der Waals surface area contributed by atoms with E-state index in [1.54, 1.807) is 38.1 Å². The zero-order valence-corrected chi connectivity index (χ0v) is 22.1. The van der Waals surface area contributed by atoms with Crippen molar-refractivity contribution < 1.29 is 28.2 Å². The van der Waals surface area contributed by atoms with E-state index >= 15 is 0 Å². The molecule has 0 aromatic heterocycles. The molecule has 9 heteroatoms. The standard InChI is InChI=1S/C28H34N2O6S/c1-4-30(37(34,35)23-15-13-22(36-3)14-16-23)18-17-27(32)25(19-21-9-6-5-7-10-21)29-28(33)24-11-8-12-26(31)20(24)2/h5-16,25,27,31-32H,4,17-19H2,1-3H3,(H,29,33)/t25-,27+/m0/s1. The Hall–Kier alpha value is -3.40. The fourth-order valence-corrected chi connectivity index (χ4v) is 5.55. The zero-order chi connectivity index (χ0) is 27.0. The van der Waals surface area contributed by atoms with Gasteiger partial charge in [0.25, 0.3) is 5.91 Å². The van der Waals surface area contributed by atoms with Crippen LogP contribution >= 0.6 is 0 Å². The number of phenolic OH excluding ortho intramolecular Hbond substituents is 1. The molecule has 0 aliphatic rings. The van der Waals surface area contributed by atoms with Crippen LogP contribution in [0.1, 0.15) is 34.8 Å². The second kappa shape index (κ2) is 12.7. The number of methoxy groups -OCH3 is 1. The van der Waals surface area contributed by atoms with Gasteiger partial charge in [0, 0.05) is 24.2 Å². The predicted molar refractivity (Wildman–Crippen MR) is 142 cm³/mol. The minimum atomic E-state index is -3.78. The van der Waals surface area contributed by atoms with Gasteiger partial charge in [-0.05, 0) is 61.7 Å². The molecule has 1 amide bonds. The van der Waals surface area contributed by atoms with Crippen molar-refractivity contribution in [1.29, 1.82) is 0 Å². The number of amides is 1. The summed E-state index contributed by atoms with van der Waals surface area (Å²) in [5, 5.41) is 24.0. The fraction of sp³-hybridized carbons (Fsp3) is 0.321. The molecular formula is C28H34N2O6S. The summed E-state index contributed by atoms with van der Waals surface area (Å²) in [4.78, 5) is 13.2. The highest BCUT2D eigenvalue weighted by atomic mass is 32.2. The lowest BCUT2D eigenvalue weighted by Crippen LogP contribution is -2.46. The Morgan fingerprint density at radius 1 is 1.03 bits per heavy atom. The molecule has 0 unspecified atom stereocenters. The first kappa shape index (κ1) is 28.2. The van der Waals surface area contributed by atoms with Crippen molar-refractivity contribution in [3.8, 4) is 11.5 Å². The van der Waals surface area contributed by atoms with Crippen molar-refractivity contribution in [1.82, 2.24) is 9.62 Å². The Labute approximate surface area is 218 Å². The number of nitrogens with one attached hydrogen (secondary N) is 1. The number of benzene rings is 3. The highest BCUT2D eigenvalue weighted by Gasteiger charge is 2.27. The van der Waals surface area contributed by atoms with Gasteiger partial charge in [0.15, 0.2) is 0 Å². The molecule has 0 aliphatic carbocycles. The van der Waals surface area contributed by atoms with Crippen LogP contribution in [-0.2, 0) is 16.4 Å². The summed E-state index contributed by atoms with van der Waals surface area (Å²) >= 11 is 0. The molecule has 3 aromatic carbocycles. The number of hydrogen-bond donors (Lipinski definition) is 3. The second-order valence-corrected chi connectivity index (χ2v) is 10.7. The van der Waals surface area contributed by atoms with E-state index in [4.69, 9.17) is 4.74 Å². The summed E-state index contributed by atoms with van der Waals surface area (Å²) in [6.07, 6.45) is -0.565. The van der Waals surface area contributed by atoms with Crippen LogP contribution in [0.5, 0.6) is 11.5 Å². The van der Waals surface area contributed by atoms with Gasteiger partial charge in [0.05, 0.1) is 24.2 Å². The number of hydrogen-bond acceptors (Lipinski definition) is 6. The maximum absolute atomic E-state index is 13.2. The average molecular weight is 527 g/mol. The van der Waals surface area contributed by atoms with Gasteiger partial charge in [-0.25, -0.2) is 8.42 Å². The lowest BCUT2D eigenvalue weighted by Gasteiger charge is -2.27. The van der Waals surface area contributed by atoms with Gasteiger partial charge < -0.3 is 20.3 Å². The predicted octanol–water partition coefficient (Wildman–Crippen LogP) is 3.51. The van der Waals surface area contributed by atoms with E-state index in [9.17, 15) is 23.4 Å². The Bertz CT molecular complexity index is 1280. The topological polar surface area (TPSA) is 116 Å². The highest BCUT2D eigenvalue weighted by molar-refractivity contribution is 7.89. The Balaban J connectivity index is 1.77. The van der Waals surface area contributed by atoms with E-state index in [-0.39, 0.29) is 30.2 Å². The number of aromatic hydroxyl groups is 1. The maximum Gasteiger partial charge on any atom is 0.252 e. The van der Waals surface area contributed by atoms with Crippen LogP contribution in [-0.4, -0.2) is 61.2 Å². The number of phenols is 1. The fourth-order valence-electron chi connectivity index (χ4n) is 4.09. The third kappa shape index (κ3) is 7.09. The van der Waals surface area contributed by atoms with Crippen molar-refractivity contribution in [2.24, 2.45) is 0 Å². The van der Waals surface area contributed by atoms with Gasteiger partial charge in [-0.3, -0.25) is 4.79 Å². The third-order valence-corrected chi connectivity index (χ3v) is 8.34. The molecule has 0 spiro atoms. The van der Waals surface area contributed by atoms with Crippen molar-refractivity contribution in [3.63, 3.8) is 0 Å². The molecule has 198 valence electrons. The molecule has 8 nitrogen and oxygen atoms in total. The van der Waals surface area contributed by atoms with Gasteiger partial charge in [-0.1, -0.05) is 43.3 Å². The van der Waals surface area contributed by atoms with E-state index in [1.165, 1.54) is 29.6 Å². The summed E-state index contributed by atoms with van der Waals surface area (Å²) < 4.78 is 32.8. The van der Waals surface area contributed by atoms with Crippen molar-refractivity contribution in [2.45, 2.75) is 43.7 Å². The number of carbonyl (C=O) groups excluding carboxylic acids is 1. The Morgan fingerprint density at radius 3 is 2.32 bits per heavy atom. The smallest absolute Gasteiger partial charge is 0.252 e. The number of sulfonamides is 1. The zero-order valence-electron chi connectivity index (χ0n) is 21.3. The molecule has 2 atom stereocenters. The molecule has 0 heterocycles. The van der Waals surface area contributed by atoms with Crippen molar-refractivity contribution in [2.75, 3.05) is 20.2 Å². The van der Waals surface area contributed by atoms with E-state index in [0.29, 0.717) is 23.3 Å². The molecular weight excluding hydrogens is 492 g/mol. The van der Waals surface area contributed by atoms with Gasteiger partial charge in [-0.15, -0.1) is 0 Å². The monoisotopic (exact) mass is 526 g/mol. The normalized spacial score (nSPS) is 13.2. The number of carbonyl (C=O) groups is 1. The van der Waals surface area contributed by atoms with E-state index in [0.717, 1.165) is 5.56 Å². The molecule has 3 N–H and O–H groups in total. The van der Waals surface area contributed by atoms with Crippen LogP contribution in [0.3, 0.4) is 0 Å². The van der Waals surface area contributed by atoms with Gasteiger partial charge in [0.2, 0.25) is 10.0 Å². The van der Waals surface area contributed by atoms with Crippen LogP contribution in [0, 0.1) is 6.92 Å². The SMILES string of the molecule is CCN(CC[C@@H](O)[C@H](Cc1ccccc1)NC(=O)c1cccc(O)c1C)S(=O)(=O)c1ccc(OC)cc1. The molecule has 37 heavy (non-hydrogen) atoms. The van der Waals surface area contributed by atoms with Crippen LogP contribution < -0.4 is 10.1 Å². The van der Waals surface area contributed by atoms with E-state index in [1.807, 2.05) is 30.3 Å². The number of ether oxygens (including phenoxy) is 1. The molecule has 0 saturated carbocycles. The average Bonchev–Trinajstić information content (AvgIpc) is 2.90. The summed E-state index contributed by atoms with van der Waals surface area (Å²) in [6.45, 7) is 3.68. The van der Waals surface area contributed by atoms with Gasteiger partial charge in [-0.2, -0.15) is 4.31 Å². The van der Waals surface area contributed by atoms with Crippen molar-refractivity contribution >= 4 is 15.9 Å². The summed E-state index contributed by atoms with van der Waals surface area (Å²) in [7, 11) is -2.27. The minimum absolute atomic E-state index is 0.00938. The molecule has 3 aromatic rings. The van der Waals surface area contributed by atoms with E-state index < -0.39 is 28.1 Å². The first-order chi connectivity index (χ1) is 17.7. The first-order valence-electron chi connectivity index (χ1n) is 12.1. The van der Waals surface area contributed by atoms with Crippen LogP contribution in [0.2, 0.25) is 0 Å². The van der Waals surface area contributed by atoms with Crippen LogP contribution in [0.25, 0.3) is 0 Å². The third-order valence-electron chi connectivity index (χ3n) is 6.35. The Morgan fingerprint density at radius 2 is 1.70 bits per heavy atom. The van der Waals surface area contributed by atoms with Crippen molar-refractivity contribution in [3.05, 3.63) is 89.5 Å². The minimum Gasteiger partial charge on any atom is -0.508 e. The number of rotatable bonds is 12. The summed E-state index contributed by atoms with van der Waals surface area (Å²) in [6, 6.07) is 19.6. The molecule has 0 bridgehead atoms. The Kier molecular flexibility index (Phi) is 9.68. The van der Waals surface area contributed by atoms with Gasteiger partial charge >= 0.3 is 0 Å². The number of nitrogens with zero attached hydrogens (tertiary/aromatic N) is 1. The van der Waals surface area contributed by atoms with Crippen LogP contribution in [0.4, 0.5) is 0 Å². The van der Waals surface area contributed by atoms with Crippen LogP contribution in [0.15, 0.2) is 77.7 Å². The summed E-state index contributed by atoms with van der Waals surface area (Å²) in [5.41, 5.74) is 1.66. The first-order valence-corrected chi connectivity index (χ1v) is 13.6. The lowest BCUT2D eigenvalue weighted by atomic mass is 9.98. The molecule has 0 radical (unpaired) electrons. The molecule has 0 saturated heterocycles. The van der Waals surface area contributed by atoms with Gasteiger partial charge in [0.1, 0.15) is 11.5 Å². The number of aliphatic hydroxyl groups excluding tert-OH is 1. The van der Waals surface area contributed by atoms with E-state index in [2.05, 4.69) is 5.32 Å². The quantitative estimate of drug-likeness (QED) is 0.333. The molecule has 0 aliphatic heterocycles. The molecule has 3 rings (SSSR count).